The Kier molecular flexibility index (Phi) is 5.54. The number of hydrogen-bond acceptors (Lipinski definition) is 5. The maximum Gasteiger partial charge on any atom is 0.338 e. The molecule has 3 aromatic rings. The maximum atomic E-state index is 12.9. The van der Waals surface area contributed by atoms with Crippen LogP contribution in [0.3, 0.4) is 0 Å². The molecule has 0 radical (unpaired) electrons. The lowest BCUT2D eigenvalue weighted by atomic mass is 10.1. The van der Waals surface area contributed by atoms with Gasteiger partial charge in [-0.25, -0.2) is 9.69 Å². The van der Waals surface area contributed by atoms with Crippen LogP contribution in [0.5, 0.6) is 11.5 Å². The van der Waals surface area contributed by atoms with Gasteiger partial charge < -0.3 is 9.47 Å². The molecular weight excluding hydrogens is 394 g/mol. The van der Waals surface area contributed by atoms with E-state index >= 15 is 0 Å². The number of ether oxygens (including phenoxy) is 2. The molecule has 0 bridgehead atoms. The molecule has 6 nitrogen and oxygen atoms in total. The summed E-state index contributed by atoms with van der Waals surface area (Å²) in [5, 5.41) is 0. The Morgan fingerprint density at radius 2 is 1.48 bits per heavy atom. The van der Waals surface area contributed by atoms with E-state index in [0.29, 0.717) is 17.2 Å². The number of carbonyl (C=O) groups excluding carboxylic acids is 3. The largest absolute Gasteiger partial charge is 0.462 e. The van der Waals surface area contributed by atoms with Crippen LogP contribution in [0.15, 0.2) is 72.8 Å². The summed E-state index contributed by atoms with van der Waals surface area (Å²) in [6.45, 7) is 4.16. The average molecular weight is 415 g/mol. The number of fused-ring (bicyclic) bond motifs is 1. The predicted octanol–water partition coefficient (Wildman–Crippen LogP) is 5.09. The van der Waals surface area contributed by atoms with E-state index in [9.17, 15) is 14.4 Å². The van der Waals surface area contributed by atoms with Gasteiger partial charge in [0.25, 0.3) is 11.8 Å². The highest BCUT2D eigenvalue weighted by molar-refractivity contribution is 6.34. The number of rotatable bonds is 6. The molecule has 0 aromatic heterocycles. The first-order valence-corrected chi connectivity index (χ1v) is 9.97. The van der Waals surface area contributed by atoms with Crippen LogP contribution in [0.4, 0.5) is 5.69 Å². The number of nitrogens with zero attached hydrogens (tertiary/aromatic N) is 1. The Labute approximate surface area is 180 Å². The van der Waals surface area contributed by atoms with Crippen molar-refractivity contribution in [3.63, 3.8) is 0 Å². The lowest BCUT2D eigenvalue weighted by molar-refractivity contribution is 0.0458. The summed E-state index contributed by atoms with van der Waals surface area (Å²) in [5.74, 6) is 0.0483. The number of anilines is 1. The second-order valence-electron chi connectivity index (χ2n) is 7.61. The predicted molar refractivity (Wildman–Crippen MR) is 116 cm³/mol. The Hall–Kier alpha value is -3.93. The SMILES string of the molecule is CC(C)COC(=O)c1ccc2c(c1)C(=O)N(c1ccc(Oc3ccccc3)cc1)C2=O. The highest BCUT2D eigenvalue weighted by Gasteiger charge is 2.37. The normalized spacial score (nSPS) is 12.8. The third-order valence-corrected chi connectivity index (χ3v) is 4.74. The molecule has 2 amide bonds. The fraction of sp³-hybridized carbons (Fsp3) is 0.160. The summed E-state index contributed by atoms with van der Waals surface area (Å²) >= 11 is 0. The highest BCUT2D eigenvalue weighted by Crippen LogP contribution is 2.31. The Bertz CT molecular complexity index is 1140. The number of benzene rings is 3. The zero-order valence-electron chi connectivity index (χ0n) is 17.2. The summed E-state index contributed by atoms with van der Waals surface area (Å²) in [6.07, 6.45) is 0. The van der Waals surface area contributed by atoms with Crippen LogP contribution in [-0.4, -0.2) is 24.4 Å². The van der Waals surface area contributed by atoms with Gasteiger partial charge in [-0.15, -0.1) is 0 Å². The lowest BCUT2D eigenvalue weighted by Crippen LogP contribution is -2.29. The van der Waals surface area contributed by atoms with Gasteiger partial charge >= 0.3 is 5.97 Å². The molecular formula is C25H21NO5. The van der Waals surface area contributed by atoms with Gasteiger partial charge in [0.05, 0.1) is 29.0 Å². The van der Waals surface area contributed by atoms with Crippen molar-refractivity contribution in [3.05, 3.63) is 89.5 Å². The number of hydrogen-bond donors (Lipinski definition) is 0. The van der Waals surface area contributed by atoms with Gasteiger partial charge in [0.15, 0.2) is 0 Å². The lowest BCUT2D eigenvalue weighted by Gasteiger charge is -2.14. The van der Waals surface area contributed by atoms with E-state index in [0.717, 1.165) is 4.90 Å². The van der Waals surface area contributed by atoms with Crippen molar-refractivity contribution in [2.24, 2.45) is 5.92 Å². The van der Waals surface area contributed by atoms with Gasteiger partial charge in [-0.3, -0.25) is 9.59 Å². The van der Waals surface area contributed by atoms with E-state index in [1.807, 2.05) is 44.2 Å². The van der Waals surface area contributed by atoms with E-state index in [4.69, 9.17) is 9.47 Å². The van der Waals surface area contributed by atoms with Crippen molar-refractivity contribution in [2.75, 3.05) is 11.5 Å². The average Bonchev–Trinajstić information content (AvgIpc) is 3.03. The van der Waals surface area contributed by atoms with E-state index in [1.54, 1.807) is 24.3 Å². The van der Waals surface area contributed by atoms with Gasteiger partial charge in [-0.1, -0.05) is 32.0 Å². The van der Waals surface area contributed by atoms with E-state index in [2.05, 4.69) is 0 Å². The summed E-state index contributed by atoms with van der Waals surface area (Å²) < 4.78 is 11.0. The quantitative estimate of drug-likeness (QED) is 0.414. The van der Waals surface area contributed by atoms with E-state index in [-0.39, 0.29) is 29.2 Å². The van der Waals surface area contributed by atoms with Gasteiger partial charge in [0.1, 0.15) is 11.5 Å². The van der Waals surface area contributed by atoms with Crippen molar-refractivity contribution in [2.45, 2.75) is 13.8 Å². The standard InChI is InChI=1S/C25H21NO5/c1-16(2)15-30-25(29)17-8-13-21-22(14-17)24(28)26(23(21)27)18-9-11-20(12-10-18)31-19-6-4-3-5-7-19/h3-14,16H,15H2,1-2H3. The molecule has 31 heavy (non-hydrogen) atoms. The van der Waals surface area contributed by atoms with Crippen LogP contribution in [0, 0.1) is 5.92 Å². The minimum atomic E-state index is -0.516. The van der Waals surface area contributed by atoms with Gasteiger partial charge in [0.2, 0.25) is 0 Å². The molecule has 6 heteroatoms. The molecule has 1 aliphatic rings. The Morgan fingerprint density at radius 1 is 0.839 bits per heavy atom. The van der Waals surface area contributed by atoms with Crippen molar-refractivity contribution in [1.82, 2.24) is 0 Å². The third-order valence-electron chi connectivity index (χ3n) is 4.74. The Morgan fingerprint density at radius 3 is 2.16 bits per heavy atom. The highest BCUT2D eigenvalue weighted by atomic mass is 16.5. The smallest absolute Gasteiger partial charge is 0.338 e. The van der Waals surface area contributed by atoms with Crippen LogP contribution in [-0.2, 0) is 4.74 Å². The van der Waals surface area contributed by atoms with Crippen LogP contribution >= 0.6 is 0 Å². The second kappa shape index (κ2) is 8.44. The first-order valence-electron chi connectivity index (χ1n) is 9.97. The number of carbonyl (C=O) groups is 3. The molecule has 1 heterocycles. The fourth-order valence-electron chi connectivity index (χ4n) is 3.22. The summed E-state index contributed by atoms with van der Waals surface area (Å²) in [4.78, 5) is 39.1. The zero-order chi connectivity index (χ0) is 22.0. The minimum Gasteiger partial charge on any atom is -0.462 e. The first kappa shape index (κ1) is 20.3. The van der Waals surface area contributed by atoms with Gasteiger partial charge in [0, 0.05) is 0 Å². The summed E-state index contributed by atoms with van der Waals surface area (Å²) in [7, 11) is 0. The minimum absolute atomic E-state index is 0.189. The van der Waals surface area contributed by atoms with Crippen molar-refractivity contribution in [1.29, 1.82) is 0 Å². The molecule has 1 aliphatic heterocycles. The number of para-hydroxylation sites is 1. The molecule has 0 fully saturated rings. The molecule has 0 unspecified atom stereocenters. The van der Waals surface area contributed by atoms with Crippen LogP contribution in [0.2, 0.25) is 0 Å². The monoisotopic (exact) mass is 415 g/mol. The van der Waals surface area contributed by atoms with Crippen molar-refractivity contribution < 1.29 is 23.9 Å². The molecule has 156 valence electrons. The summed E-state index contributed by atoms with van der Waals surface area (Å²) in [6, 6.07) is 20.4. The van der Waals surface area contributed by atoms with Gasteiger partial charge in [-0.05, 0) is 60.5 Å². The molecule has 0 saturated heterocycles. The summed E-state index contributed by atoms with van der Waals surface area (Å²) in [5.41, 5.74) is 1.12. The number of imide groups is 1. The van der Waals surface area contributed by atoms with Crippen molar-refractivity contribution in [3.8, 4) is 11.5 Å². The topological polar surface area (TPSA) is 72.9 Å². The van der Waals surface area contributed by atoms with Crippen LogP contribution < -0.4 is 9.64 Å². The Balaban J connectivity index is 1.54. The van der Waals surface area contributed by atoms with E-state index in [1.165, 1.54) is 18.2 Å². The fourth-order valence-corrected chi connectivity index (χ4v) is 3.22. The second-order valence-corrected chi connectivity index (χ2v) is 7.61. The maximum absolute atomic E-state index is 12.9. The number of amides is 2. The molecule has 3 aromatic carbocycles. The number of esters is 1. The van der Waals surface area contributed by atoms with E-state index < -0.39 is 17.8 Å². The van der Waals surface area contributed by atoms with Crippen molar-refractivity contribution >= 4 is 23.5 Å². The van der Waals surface area contributed by atoms with Crippen LogP contribution in [0.25, 0.3) is 0 Å². The molecule has 0 atom stereocenters. The molecule has 0 spiro atoms. The van der Waals surface area contributed by atoms with Gasteiger partial charge in [-0.2, -0.15) is 0 Å². The first-order chi connectivity index (χ1) is 14.9. The zero-order valence-corrected chi connectivity index (χ0v) is 17.2. The van der Waals surface area contributed by atoms with Crippen LogP contribution in [0.1, 0.15) is 44.9 Å². The molecule has 4 rings (SSSR count). The molecule has 0 N–H and O–H groups in total. The molecule has 0 saturated carbocycles. The molecule has 0 aliphatic carbocycles. The third kappa shape index (κ3) is 4.19.